The zero-order valence-corrected chi connectivity index (χ0v) is 33.4. The molecule has 0 amide bonds. The number of ether oxygens (including phenoxy) is 2. The fraction of sp³-hybridized carbons (Fsp3) is 0.561. The van der Waals surface area contributed by atoms with Gasteiger partial charge in [-0.05, 0) is 70.9 Å². The molecule has 5 rings (SSSR count). The zero-order valence-electron chi connectivity index (χ0n) is 31.7. The maximum absolute atomic E-state index is 6.95. The molecule has 1 aliphatic rings. The van der Waals surface area contributed by atoms with Crippen molar-refractivity contribution in [3.8, 4) is 0 Å². The number of fused-ring (bicyclic) bond motifs is 3. The third-order valence-electron chi connectivity index (χ3n) is 8.93. The van der Waals surface area contributed by atoms with Crippen molar-refractivity contribution in [2.75, 3.05) is 12.4 Å². The lowest BCUT2D eigenvalue weighted by Crippen LogP contribution is -2.30. The SMILES string of the molecule is CC1(C)O[C@H](COp2oc3c(C(C)(C)C)cc(C(C)(C)C)cc3c3cc(C(C)(C)C)cc(C(C)(C)C)c3o2)[C@@H](CSc2ccccc2)O1. The highest BCUT2D eigenvalue weighted by Gasteiger charge is 2.42. The second kappa shape index (κ2) is 13.2. The first-order chi connectivity index (χ1) is 22.0. The summed E-state index contributed by atoms with van der Waals surface area (Å²) in [6, 6.07) is 19.7. The van der Waals surface area contributed by atoms with Gasteiger partial charge in [0.25, 0.3) is 0 Å². The summed E-state index contributed by atoms with van der Waals surface area (Å²) in [7, 11) is -1.84. The van der Waals surface area contributed by atoms with E-state index in [4.69, 9.17) is 22.4 Å². The standard InChI is InChI=1S/C41H57O5PS/c1-37(2,3)26-20-29-30-21-27(38(4,5)6)23-32(40(10,11)12)36(30)46-47(45-35(29)31(22-26)39(7,8)9)42-24-33-34(44-41(13,14)43-33)25-48-28-18-16-15-17-19-28/h15-23,33-34H,24-25H2,1-14H3/t33-,34-/m1/s1. The lowest BCUT2D eigenvalue weighted by molar-refractivity contribution is -0.146. The van der Waals surface area contributed by atoms with Crippen LogP contribution < -0.4 is 4.52 Å². The fourth-order valence-electron chi connectivity index (χ4n) is 6.08. The van der Waals surface area contributed by atoms with E-state index in [1.165, 1.54) is 16.0 Å². The fourth-order valence-corrected chi connectivity index (χ4v) is 8.17. The predicted octanol–water partition coefficient (Wildman–Crippen LogP) is 12.2. The first-order valence-electron chi connectivity index (χ1n) is 17.2. The van der Waals surface area contributed by atoms with Crippen LogP contribution in [0.15, 0.2) is 67.9 Å². The molecule has 7 heteroatoms. The van der Waals surface area contributed by atoms with Crippen molar-refractivity contribution in [1.82, 2.24) is 0 Å². The van der Waals surface area contributed by atoms with Crippen molar-refractivity contribution < 1.29 is 22.4 Å². The van der Waals surface area contributed by atoms with E-state index in [1.807, 2.05) is 19.9 Å². The maximum Gasteiger partial charge on any atom is 0.387 e. The molecule has 0 radical (unpaired) electrons. The van der Waals surface area contributed by atoms with E-state index in [9.17, 15) is 0 Å². The zero-order chi connectivity index (χ0) is 35.4. The number of thioether (sulfide) groups is 1. The molecule has 1 aliphatic heterocycles. The highest BCUT2D eigenvalue weighted by Crippen LogP contribution is 2.45. The van der Waals surface area contributed by atoms with Crippen molar-refractivity contribution in [2.45, 2.75) is 141 Å². The van der Waals surface area contributed by atoms with Gasteiger partial charge < -0.3 is 17.9 Å². The van der Waals surface area contributed by atoms with Crippen LogP contribution in [0.4, 0.5) is 0 Å². The van der Waals surface area contributed by atoms with E-state index in [2.05, 4.69) is 132 Å². The summed E-state index contributed by atoms with van der Waals surface area (Å²) in [5.74, 6) is 0.0410. The van der Waals surface area contributed by atoms with E-state index < -0.39 is 14.0 Å². The Morgan fingerprint density at radius 2 is 1.10 bits per heavy atom. The van der Waals surface area contributed by atoms with Gasteiger partial charge in [-0.25, -0.2) is 0 Å². The van der Waals surface area contributed by atoms with Crippen LogP contribution in [0.1, 0.15) is 119 Å². The van der Waals surface area contributed by atoms with Crippen LogP contribution in [-0.2, 0) is 31.1 Å². The molecule has 2 heterocycles. The van der Waals surface area contributed by atoms with Gasteiger partial charge >= 0.3 is 8.24 Å². The van der Waals surface area contributed by atoms with Crippen LogP contribution in [0.3, 0.4) is 0 Å². The molecule has 0 N–H and O–H groups in total. The molecule has 48 heavy (non-hydrogen) atoms. The third kappa shape index (κ3) is 8.38. The number of hydrogen-bond donors (Lipinski definition) is 0. The number of benzene rings is 3. The largest absolute Gasteiger partial charge is 0.399 e. The molecule has 0 spiro atoms. The average molecular weight is 693 g/mol. The Labute approximate surface area is 294 Å². The van der Waals surface area contributed by atoms with Crippen molar-refractivity contribution in [3.05, 3.63) is 76.9 Å². The Morgan fingerprint density at radius 3 is 1.54 bits per heavy atom. The van der Waals surface area contributed by atoms with Gasteiger partial charge in [0.05, 0.1) is 12.7 Å². The van der Waals surface area contributed by atoms with Crippen molar-refractivity contribution in [1.29, 1.82) is 0 Å². The lowest BCUT2D eigenvalue weighted by Gasteiger charge is -2.27. The van der Waals surface area contributed by atoms with Crippen molar-refractivity contribution in [2.24, 2.45) is 0 Å². The molecule has 4 aromatic rings. The first kappa shape index (κ1) is 37.1. The van der Waals surface area contributed by atoms with Gasteiger partial charge in [-0.1, -0.05) is 113 Å². The third-order valence-corrected chi connectivity index (χ3v) is 11.1. The van der Waals surface area contributed by atoms with Crippen LogP contribution in [-0.4, -0.2) is 30.4 Å². The summed E-state index contributed by atoms with van der Waals surface area (Å²) in [4.78, 5) is 1.20. The quantitative estimate of drug-likeness (QED) is 0.188. The number of hydrogen-bond acceptors (Lipinski definition) is 6. The minimum Gasteiger partial charge on any atom is -0.399 e. The molecule has 0 aliphatic carbocycles. The predicted molar refractivity (Wildman–Crippen MR) is 204 cm³/mol. The summed E-state index contributed by atoms with van der Waals surface area (Å²) >= 11 is 1.77. The van der Waals surface area contributed by atoms with Gasteiger partial charge in [-0.3, -0.25) is 4.52 Å². The maximum atomic E-state index is 6.95. The van der Waals surface area contributed by atoms with E-state index in [0.717, 1.165) is 38.8 Å². The second-order valence-corrected chi connectivity index (χ2v) is 20.0. The minimum absolute atomic E-state index is 0.0581. The Morgan fingerprint density at radius 1 is 0.646 bits per heavy atom. The van der Waals surface area contributed by atoms with Crippen LogP contribution >= 0.6 is 20.0 Å². The van der Waals surface area contributed by atoms with Gasteiger partial charge in [-0.15, -0.1) is 11.8 Å². The molecule has 3 aromatic carbocycles. The summed E-state index contributed by atoms with van der Waals surface area (Å²) in [5.41, 5.74) is 6.03. The van der Waals surface area contributed by atoms with E-state index in [1.54, 1.807) is 11.8 Å². The normalized spacial score (nSPS) is 19.0. The molecule has 0 unspecified atom stereocenters. The van der Waals surface area contributed by atoms with Crippen LogP contribution in [0, 0.1) is 0 Å². The Bertz CT molecular complexity index is 1700. The molecule has 0 saturated carbocycles. The van der Waals surface area contributed by atoms with Crippen molar-refractivity contribution in [3.63, 3.8) is 0 Å². The minimum atomic E-state index is -1.84. The van der Waals surface area contributed by atoms with E-state index >= 15 is 0 Å². The molecule has 262 valence electrons. The summed E-state index contributed by atoms with van der Waals surface area (Å²) in [5, 5.41) is 2.12. The van der Waals surface area contributed by atoms with Crippen LogP contribution in [0.5, 0.6) is 0 Å². The second-order valence-electron chi connectivity index (χ2n) is 17.8. The first-order valence-corrected chi connectivity index (χ1v) is 19.3. The number of rotatable bonds is 6. The smallest absolute Gasteiger partial charge is 0.387 e. The van der Waals surface area contributed by atoms with Gasteiger partial charge in [0.2, 0.25) is 0 Å². The Balaban J connectivity index is 1.71. The van der Waals surface area contributed by atoms with E-state index in [-0.39, 0.29) is 40.5 Å². The average Bonchev–Trinajstić information content (AvgIpc) is 3.15. The monoisotopic (exact) mass is 692 g/mol. The molecule has 2 atom stereocenters. The van der Waals surface area contributed by atoms with Gasteiger partial charge in [-0.2, -0.15) is 0 Å². The van der Waals surface area contributed by atoms with Gasteiger partial charge in [0.15, 0.2) is 5.79 Å². The topological polar surface area (TPSA) is 54.0 Å². The van der Waals surface area contributed by atoms with Gasteiger partial charge in [0.1, 0.15) is 17.3 Å². The molecule has 5 nitrogen and oxygen atoms in total. The van der Waals surface area contributed by atoms with Crippen molar-refractivity contribution >= 4 is 41.9 Å². The highest BCUT2D eigenvalue weighted by atomic mass is 32.2. The molecule has 1 fully saturated rings. The lowest BCUT2D eigenvalue weighted by atomic mass is 9.77. The molecule has 1 saturated heterocycles. The summed E-state index contributed by atoms with van der Waals surface area (Å²) < 4.78 is 33.4. The summed E-state index contributed by atoms with van der Waals surface area (Å²) in [6.07, 6.45) is -0.422. The molecule has 0 bridgehead atoms. The Kier molecular flexibility index (Phi) is 10.2. The highest BCUT2D eigenvalue weighted by molar-refractivity contribution is 7.99. The van der Waals surface area contributed by atoms with E-state index in [0.29, 0.717) is 0 Å². The summed E-state index contributed by atoms with van der Waals surface area (Å²) in [6.45, 7) is 31.4. The van der Waals surface area contributed by atoms with Gasteiger partial charge in [0, 0.05) is 32.5 Å². The van der Waals surface area contributed by atoms with Crippen LogP contribution in [0.25, 0.3) is 21.9 Å². The Hall–Kier alpha value is -2.21. The molecule has 1 aromatic heterocycles. The molecular formula is C41H57O5PS. The molecular weight excluding hydrogens is 635 g/mol. The van der Waals surface area contributed by atoms with Crippen LogP contribution in [0.2, 0.25) is 0 Å².